The van der Waals surface area contributed by atoms with Crippen molar-refractivity contribution < 1.29 is 9.30 Å². The maximum Gasteiger partial charge on any atom is 0.364 e. The van der Waals surface area contributed by atoms with Crippen LogP contribution in [0, 0.1) is 12.8 Å². The molecule has 4 aromatic rings. The predicted octanol–water partition coefficient (Wildman–Crippen LogP) is 2.47. The molecule has 1 aliphatic rings. The van der Waals surface area contributed by atoms with Gasteiger partial charge in [0.15, 0.2) is 0 Å². The second-order valence-electron chi connectivity index (χ2n) is 8.83. The van der Waals surface area contributed by atoms with Gasteiger partial charge in [0.2, 0.25) is 11.2 Å². The van der Waals surface area contributed by atoms with Crippen molar-refractivity contribution in [2.45, 2.75) is 26.9 Å². The molecule has 0 fully saturated rings. The van der Waals surface area contributed by atoms with Crippen LogP contribution >= 0.6 is 0 Å². The van der Waals surface area contributed by atoms with E-state index in [2.05, 4.69) is 16.8 Å². The second-order valence-corrected chi connectivity index (χ2v) is 8.83. The van der Waals surface area contributed by atoms with E-state index in [1.807, 2.05) is 60.0 Å². The SMILES string of the molecule is COc1cccc(N2C[C@H](C)C[n+]3c2[nH]c2c3c(=O)n(Cc3ccccc3C)c(=O)n2C)c1. The number of aromatic nitrogens is 4. The third kappa shape index (κ3) is 3.42. The molecule has 0 aliphatic carbocycles. The molecule has 0 unspecified atom stereocenters. The quantitative estimate of drug-likeness (QED) is 0.489. The zero-order valence-corrected chi connectivity index (χ0v) is 19.3. The zero-order valence-electron chi connectivity index (χ0n) is 19.3. The number of anilines is 2. The number of nitrogens with zero attached hydrogens (tertiary/aromatic N) is 4. The van der Waals surface area contributed by atoms with Gasteiger partial charge >= 0.3 is 11.6 Å². The van der Waals surface area contributed by atoms with E-state index in [4.69, 9.17) is 4.74 Å². The standard InChI is InChI=1S/C25H27N5O3/c1-16-13-28(19-10-7-11-20(12-19)33-4)24-26-22-21(29(24)14-16)23(31)30(25(32)27(22)3)15-18-9-6-5-8-17(18)2/h5-12,16H,13-15H2,1-4H3/p+1/t16-/m0/s1. The molecule has 0 radical (unpaired) electrons. The van der Waals surface area contributed by atoms with E-state index in [9.17, 15) is 9.59 Å². The van der Waals surface area contributed by atoms with Gasteiger partial charge in [0, 0.05) is 19.0 Å². The summed E-state index contributed by atoms with van der Waals surface area (Å²) in [6.07, 6.45) is 0. The molecule has 1 aliphatic heterocycles. The molecule has 0 amide bonds. The Morgan fingerprint density at radius 1 is 1.15 bits per heavy atom. The van der Waals surface area contributed by atoms with Crippen molar-refractivity contribution in [3.05, 3.63) is 80.5 Å². The number of rotatable bonds is 4. The molecule has 8 nitrogen and oxygen atoms in total. The molecule has 3 heterocycles. The monoisotopic (exact) mass is 446 g/mol. The number of aryl methyl sites for hydroxylation is 2. The molecule has 5 rings (SSSR count). The van der Waals surface area contributed by atoms with Crippen molar-refractivity contribution in [2.24, 2.45) is 13.0 Å². The Balaban J connectivity index is 1.72. The minimum absolute atomic E-state index is 0.240. The lowest BCUT2D eigenvalue weighted by molar-refractivity contribution is -0.669. The van der Waals surface area contributed by atoms with Crippen molar-refractivity contribution in [1.29, 1.82) is 0 Å². The molecule has 0 saturated heterocycles. The number of hydrogen-bond acceptors (Lipinski definition) is 4. The summed E-state index contributed by atoms with van der Waals surface area (Å²) in [7, 11) is 3.36. The Kier molecular flexibility index (Phi) is 5.08. The number of aromatic amines is 1. The highest BCUT2D eigenvalue weighted by molar-refractivity contribution is 5.70. The fraction of sp³-hybridized carbons (Fsp3) is 0.320. The van der Waals surface area contributed by atoms with Gasteiger partial charge in [0.05, 0.1) is 26.7 Å². The summed E-state index contributed by atoms with van der Waals surface area (Å²) < 4.78 is 10.3. The maximum absolute atomic E-state index is 13.7. The molecular weight excluding hydrogens is 418 g/mol. The number of fused-ring (bicyclic) bond motifs is 3. The van der Waals surface area contributed by atoms with Gasteiger partial charge in [-0.1, -0.05) is 37.3 Å². The number of imidazole rings is 1. The van der Waals surface area contributed by atoms with Gasteiger partial charge in [-0.3, -0.25) is 13.9 Å². The second kappa shape index (κ2) is 7.95. The first-order chi connectivity index (χ1) is 15.9. The molecule has 0 spiro atoms. The first-order valence-electron chi connectivity index (χ1n) is 11.1. The lowest BCUT2D eigenvalue weighted by Gasteiger charge is -2.26. The third-order valence-electron chi connectivity index (χ3n) is 6.48. The van der Waals surface area contributed by atoms with E-state index in [1.165, 1.54) is 9.13 Å². The van der Waals surface area contributed by atoms with Crippen LogP contribution in [0.2, 0.25) is 0 Å². The summed E-state index contributed by atoms with van der Waals surface area (Å²) in [6.45, 7) is 5.86. The summed E-state index contributed by atoms with van der Waals surface area (Å²) in [4.78, 5) is 32.4. The lowest BCUT2D eigenvalue weighted by Crippen LogP contribution is -2.52. The van der Waals surface area contributed by atoms with Crippen molar-refractivity contribution >= 4 is 22.8 Å². The number of ether oxygens (including phenoxy) is 1. The number of methoxy groups -OCH3 is 1. The highest BCUT2D eigenvalue weighted by Crippen LogP contribution is 2.30. The molecule has 8 heteroatoms. The Morgan fingerprint density at radius 2 is 1.94 bits per heavy atom. The van der Waals surface area contributed by atoms with Crippen molar-refractivity contribution in [3.63, 3.8) is 0 Å². The molecule has 33 heavy (non-hydrogen) atoms. The molecule has 170 valence electrons. The van der Waals surface area contributed by atoms with Crippen LogP contribution in [0.25, 0.3) is 11.2 Å². The van der Waals surface area contributed by atoms with Crippen molar-refractivity contribution in [1.82, 2.24) is 14.1 Å². The zero-order chi connectivity index (χ0) is 23.3. The Hall–Kier alpha value is -3.81. The van der Waals surface area contributed by atoms with Crippen LogP contribution in [-0.2, 0) is 20.1 Å². The van der Waals surface area contributed by atoms with E-state index < -0.39 is 0 Å². The van der Waals surface area contributed by atoms with E-state index in [0.29, 0.717) is 23.6 Å². The van der Waals surface area contributed by atoms with Gasteiger partial charge in [-0.2, -0.15) is 0 Å². The number of nitrogens with one attached hydrogen (secondary N) is 1. The summed E-state index contributed by atoms with van der Waals surface area (Å²) >= 11 is 0. The highest BCUT2D eigenvalue weighted by atomic mass is 16.5. The normalized spacial score (nSPS) is 15.6. The molecular formula is C25H28N5O3+. The average Bonchev–Trinajstić information content (AvgIpc) is 3.20. The van der Waals surface area contributed by atoms with Crippen LogP contribution < -0.4 is 25.5 Å². The van der Waals surface area contributed by atoms with Gasteiger partial charge in [-0.25, -0.2) is 19.2 Å². The largest absolute Gasteiger partial charge is 0.497 e. The van der Waals surface area contributed by atoms with Crippen molar-refractivity contribution in [3.8, 4) is 5.75 Å². The van der Waals surface area contributed by atoms with Gasteiger partial charge in [-0.05, 0) is 30.2 Å². The van der Waals surface area contributed by atoms with Crippen LogP contribution in [0.1, 0.15) is 18.1 Å². The molecule has 0 bridgehead atoms. The molecule has 0 saturated carbocycles. The minimum Gasteiger partial charge on any atom is -0.497 e. The number of benzene rings is 2. The fourth-order valence-electron chi connectivity index (χ4n) is 4.68. The topological polar surface area (TPSA) is 76.1 Å². The van der Waals surface area contributed by atoms with Gasteiger partial charge in [0.25, 0.3) is 5.56 Å². The van der Waals surface area contributed by atoms with Gasteiger partial charge in [0.1, 0.15) is 11.4 Å². The van der Waals surface area contributed by atoms with E-state index in [-0.39, 0.29) is 17.8 Å². The van der Waals surface area contributed by atoms with Gasteiger partial charge in [-0.15, -0.1) is 0 Å². The smallest absolute Gasteiger partial charge is 0.364 e. The first-order valence-corrected chi connectivity index (χ1v) is 11.1. The predicted molar refractivity (Wildman–Crippen MR) is 127 cm³/mol. The summed E-state index contributed by atoms with van der Waals surface area (Å²) in [5.41, 5.74) is 3.40. The summed E-state index contributed by atoms with van der Waals surface area (Å²) in [5.74, 6) is 1.85. The lowest BCUT2D eigenvalue weighted by atomic mass is 10.1. The van der Waals surface area contributed by atoms with Crippen LogP contribution in [0.3, 0.4) is 0 Å². The number of hydrogen-bond donors (Lipinski definition) is 1. The highest BCUT2D eigenvalue weighted by Gasteiger charge is 2.36. The molecule has 1 atom stereocenters. The van der Waals surface area contributed by atoms with Crippen LogP contribution in [0.15, 0.2) is 58.1 Å². The van der Waals surface area contributed by atoms with Crippen molar-refractivity contribution in [2.75, 3.05) is 18.6 Å². The molecule has 2 aromatic heterocycles. The first kappa shape index (κ1) is 21.1. The fourth-order valence-corrected chi connectivity index (χ4v) is 4.68. The average molecular weight is 447 g/mol. The van der Waals surface area contributed by atoms with Crippen LogP contribution in [0.4, 0.5) is 11.6 Å². The Morgan fingerprint density at radius 3 is 2.70 bits per heavy atom. The summed E-state index contributed by atoms with van der Waals surface area (Å²) in [5, 5.41) is 0. The summed E-state index contributed by atoms with van der Waals surface area (Å²) in [6, 6.07) is 15.7. The Bertz CT molecular complexity index is 1480. The number of H-pyrrole nitrogens is 1. The minimum atomic E-state index is -0.337. The van der Waals surface area contributed by atoms with Gasteiger partial charge < -0.3 is 4.74 Å². The van der Waals surface area contributed by atoms with Crippen LogP contribution in [-0.4, -0.2) is 27.8 Å². The third-order valence-corrected chi connectivity index (χ3v) is 6.48. The molecule has 2 aromatic carbocycles. The van der Waals surface area contributed by atoms with Crippen LogP contribution in [0.5, 0.6) is 5.75 Å². The van der Waals surface area contributed by atoms with E-state index in [0.717, 1.165) is 35.1 Å². The maximum atomic E-state index is 13.7. The van der Waals surface area contributed by atoms with E-state index in [1.54, 1.807) is 14.2 Å². The molecule has 1 N–H and O–H groups in total. The Labute approximate surface area is 191 Å². The van der Waals surface area contributed by atoms with E-state index >= 15 is 0 Å².